The van der Waals surface area contributed by atoms with Crippen molar-refractivity contribution in [2.24, 2.45) is 11.1 Å². The Kier molecular flexibility index (Phi) is 6.39. The minimum atomic E-state index is -0.460. The maximum atomic E-state index is 13.6. The summed E-state index contributed by atoms with van der Waals surface area (Å²) in [5, 5.41) is 13.1. The van der Waals surface area contributed by atoms with Crippen molar-refractivity contribution in [3.63, 3.8) is 0 Å². The lowest BCUT2D eigenvalue weighted by Gasteiger charge is -2.43. The molecule has 0 bridgehead atoms. The molecule has 1 aliphatic carbocycles. The number of thioether (sulfide) groups is 1. The number of Topliss-reactive ketones (excluding diaryl/α,β-unsaturated/α-hetero) is 1. The lowest BCUT2D eigenvalue weighted by atomic mass is 9.69. The molecule has 2 aliphatic rings. The molecule has 166 valence electrons. The molecule has 4 rings (SSSR count). The van der Waals surface area contributed by atoms with E-state index in [1.807, 2.05) is 5.38 Å². The minimum Gasteiger partial charge on any atom is -0.384 e. The predicted molar refractivity (Wildman–Crippen MR) is 134 cm³/mol. The third-order valence-electron chi connectivity index (χ3n) is 5.71. The summed E-state index contributed by atoms with van der Waals surface area (Å²) >= 11 is 15.9. The number of ketones is 1. The second-order valence-electron chi connectivity index (χ2n) is 8.69. The van der Waals surface area contributed by atoms with Crippen LogP contribution in [0.3, 0.4) is 0 Å². The van der Waals surface area contributed by atoms with Gasteiger partial charge in [0.25, 0.3) is 0 Å². The predicted octanol–water partition coefficient (Wildman–Crippen LogP) is 7.11. The fraction of sp³-hybridized carbons (Fsp3) is 0.333. The average Bonchev–Trinajstić information content (AvgIpc) is 3.13. The molecular formula is C24H23Cl2N3OS2. The number of carbonyl (C=O) groups excluding carboxylic acids is 1. The van der Waals surface area contributed by atoms with E-state index in [4.69, 9.17) is 28.9 Å². The summed E-state index contributed by atoms with van der Waals surface area (Å²) in [5.41, 5.74) is 8.96. The molecule has 2 aromatic rings. The topological polar surface area (TPSA) is 70.1 Å². The van der Waals surface area contributed by atoms with Gasteiger partial charge in [-0.3, -0.25) is 9.69 Å². The first-order chi connectivity index (χ1) is 15.2. The van der Waals surface area contributed by atoms with Crippen molar-refractivity contribution in [2.45, 2.75) is 44.4 Å². The third kappa shape index (κ3) is 4.08. The summed E-state index contributed by atoms with van der Waals surface area (Å²) < 4.78 is 0. The average molecular weight is 505 g/mol. The minimum absolute atomic E-state index is 0.0560. The molecule has 1 aliphatic heterocycles. The van der Waals surface area contributed by atoms with Crippen LogP contribution in [0, 0.1) is 16.7 Å². The number of hydrogen-bond acceptors (Lipinski definition) is 6. The molecule has 0 amide bonds. The van der Waals surface area contributed by atoms with Crippen LogP contribution in [0.4, 0.5) is 5.69 Å². The van der Waals surface area contributed by atoms with Gasteiger partial charge in [0.05, 0.1) is 23.2 Å². The molecule has 0 spiro atoms. The number of benzene rings is 1. The van der Waals surface area contributed by atoms with Gasteiger partial charge in [-0.1, -0.05) is 44.0 Å². The number of anilines is 1. The molecule has 0 saturated carbocycles. The number of nitriles is 1. The van der Waals surface area contributed by atoms with Gasteiger partial charge >= 0.3 is 0 Å². The Labute approximate surface area is 206 Å². The Morgan fingerprint density at radius 1 is 1.28 bits per heavy atom. The molecule has 1 aromatic heterocycles. The normalized spacial score (nSPS) is 20.4. The van der Waals surface area contributed by atoms with Gasteiger partial charge in [-0.25, -0.2) is 0 Å². The van der Waals surface area contributed by atoms with Crippen LogP contribution in [0.15, 0.2) is 57.2 Å². The summed E-state index contributed by atoms with van der Waals surface area (Å²) in [4.78, 5) is 17.5. The number of nitrogens with two attached hydrogens (primary N) is 1. The van der Waals surface area contributed by atoms with Crippen LogP contribution in [0.25, 0.3) is 0 Å². The lowest BCUT2D eigenvalue weighted by molar-refractivity contribution is -0.118. The highest BCUT2D eigenvalue weighted by molar-refractivity contribution is 7.99. The number of rotatable bonds is 4. The molecule has 2 N–H and O–H groups in total. The molecule has 0 saturated heterocycles. The number of allylic oxidation sites excluding steroid dienone is 3. The molecule has 1 atom stereocenters. The maximum Gasteiger partial charge on any atom is 0.162 e. The van der Waals surface area contributed by atoms with Crippen LogP contribution in [0.2, 0.25) is 10.0 Å². The van der Waals surface area contributed by atoms with E-state index in [1.165, 1.54) is 0 Å². The Morgan fingerprint density at radius 3 is 2.59 bits per heavy atom. The smallest absolute Gasteiger partial charge is 0.162 e. The number of hydrogen-bond donors (Lipinski definition) is 1. The number of halogens is 2. The van der Waals surface area contributed by atoms with Crippen LogP contribution >= 0.6 is 46.3 Å². The van der Waals surface area contributed by atoms with E-state index in [1.54, 1.807) is 46.2 Å². The van der Waals surface area contributed by atoms with Crippen LogP contribution < -0.4 is 10.6 Å². The number of nitrogens with zero attached hydrogens (tertiary/aromatic N) is 2. The zero-order chi connectivity index (χ0) is 23.2. The lowest BCUT2D eigenvalue weighted by Crippen LogP contribution is -2.42. The molecule has 2 heterocycles. The van der Waals surface area contributed by atoms with Gasteiger partial charge in [-0.05, 0) is 47.2 Å². The van der Waals surface area contributed by atoms with Gasteiger partial charge in [0.1, 0.15) is 5.82 Å². The van der Waals surface area contributed by atoms with Crippen LogP contribution in [0.1, 0.15) is 44.4 Å². The molecule has 32 heavy (non-hydrogen) atoms. The highest BCUT2D eigenvalue weighted by Crippen LogP contribution is 2.52. The number of thiophene rings is 1. The monoisotopic (exact) mass is 503 g/mol. The standard InChI is InChI=1S/C24H23Cl2N3OS2/c1-4-31-19-5-6-32-22(19)20-16(12-27)23(28)29(15-8-13(25)7-14(26)9-15)17-10-24(2,3)11-18(30)21(17)20/h5-9,20H,4,10-11,28H2,1-3H3/t20-/m1/s1. The summed E-state index contributed by atoms with van der Waals surface area (Å²) in [6.07, 6.45) is 1.07. The van der Waals surface area contributed by atoms with E-state index in [0.717, 1.165) is 21.2 Å². The first kappa shape index (κ1) is 23.3. The molecule has 0 radical (unpaired) electrons. The van der Waals surface area contributed by atoms with E-state index >= 15 is 0 Å². The van der Waals surface area contributed by atoms with Crippen LogP contribution in [0.5, 0.6) is 0 Å². The van der Waals surface area contributed by atoms with Crippen molar-refractivity contribution >= 4 is 57.8 Å². The zero-order valence-corrected chi connectivity index (χ0v) is 21.2. The molecular weight excluding hydrogens is 481 g/mol. The van der Waals surface area contributed by atoms with Crippen molar-refractivity contribution in [1.29, 1.82) is 5.26 Å². The zero-order valence-electron chi connectivity index (χ0n) is 18.0. The Balaban J connectivity index is 2.01. The van der Waals surface area contributed by atoms with Gasteiger partial charge in [0, 0.05) is 37.5 Å². The Bertz CT molecular complexity index is 1190. The second kappa shape index (κ2) is 8.79. The fourth-order valence-corrected chi connectivity index (χ4v) is 7.09. The Morgan fingerprint density at radius 2 is 1.97 bits per heavy atom. The van der Waals surface area contributed by atoms with Crippen molar-refractivity contribution in [3.8, 4) is 6.07 Å². The molecule has 4 nitrogen and oxygen atoms in total. The van der Waals surface area contributed by atoms with Crippen LogP contribution in [-0.2, 0) is 4.79 Å². The molecule has 0 fully saturated rings. The highest BCUT2D eigenvalue weighted by Gasteiger charge is 2.45. The van der Waals surface area contributed by atoms with Gasteiger partial charge in [-0.2, -0.15) is 5.26 Å². The first-order valence-electron chi connectivity index (χ1n) is 10.3. The van der Waals surface area contributed by atoms with Crippen molar-refractivity contribution in [3.05, 3.63) is 67.2 Å². The summed E-state index contributed by atoms with van der Waals surface area (Å²) in [5.74, 6) is 0.817. The van der Waals surface area contributed by atoms with E-state index in [9.17, 15) is 10.1 Å². The van der Waals surface area contributed by atoms with E-state index in [0.29, 0.717) is 45.5 Å². The SMILES string of the molecule is CCSc1ccsc1[C@@H]1C(C#N)=C(N)N(c2cc(Cl)cc(Cl)c2)C2=C1C(=O)CC(C)(C)C2. The quantitative estimate of drug-likeness (QED) is 0.450. The summed E-state index contributed by atoms with van der Waals surface area (Å²) in [6.45, 7) is 6.25. The summed E-state index contributed by atoms with van der Waals surface area (Å²) in [7, 11) is 0. The van der Waals surface area contributed by atoms with E-state index < -0.39 is 5.92 Å². The third-order valence-corrected chi connectivity index (χ3v) is 8.21. The van der Waals surface area contributed by atoms with Crippen molar-refractivity contribution in [2.75, 3.05) is 10.7 Å². The summed E-state index contributed by atoms with van der Waals surface area (Å²) in [6, 6.07) is 9.55. The fourth-order valence-electron chi connectivity index (χ4n) is 4.53. The Hall–Kier alpha value is -1.91. The van der Waals surface area contributed by atoms with Crippen LogP contribution in [-0.4, -0.2) is 11.5 Å². The largest absolute Gasteiger partial charge is 0.384 e. The van der Waals surface area contributed by atoms with Crippen molar-refractivity contribution in [1.82, 2.24) is 0 Å². The maximum absolute atomic E-state index is 13.6. The van der Waals surface area contributed by atoms with E-state index in [-0.39, 0.29) is 11.2 Å². The van der Waals surface area contributed by atoms with Gasteiger partial charge in [-0.15, -0.1) is 23.1 Å². The van der Waals surface area contributed by atoms with Gasteiger partial charge in [0.15, 0.2) is 5.78 Å². The van der Waals surface area contributed by atoms with Crippen molar-refractivity contribution < 1.29 is 4.79 Å². The van der Waals surface area contributed by atoms with Gasteiger partial charge < -0.3 is 5.73 Å². The van der Waals surface area contributed by atoms with E-state index in [2.05, 4.69) is 32.9 Å². The molecule has 8 heteroatoms. The molecule has 1 aromatic carbocycles. The first-order valence-corrected chi connectivity index (χ1v) is 12.9. The van der Waals surface area contributed by atoms with Gasteiger partial charge in [0.2, 0.25) is 0 Å². The second-order valence-corrected chi connectivity index (χ2v) is 11.8. The number of carbonyl (C=O) groups is 1. The highest BCUT2D eigenvalue weighted by atomic mass is 35.5. The molecule has 0 unspecified atom stereocenters.